The first kappa shape index (κ1) is 22.8. The van der Waals surface area contributed by atoms with Gasteiger partial charge in [0, 0.05) is 38.9 Å². The molecule has 0 aliphatic rings. The number of likely N-dealkylation sites (N-methyl/N-ethyl adjacent to an activating group) is 1. The lowest BCUT2D eigenvalue weighted by Gasteiger charge is -2.24. The summed E-state index contributed by atoms with van der Waals surface area (Å²) in [6.45, 7) is 6.86. The predicted molar refractivity (Wildman–Crippen MR) is 111 cm³/mol. The van der Waals surface area contributed by atoms with Crippen molar-refractivity contribution in [2.45, 2.75) is 32.9 Å². The van der Waals surface area contributed by atoms with Crippen LogP contribution >= 0.6 is 47.2 Å². The van der Waals surface area contributed by atoms with E-state index in [1.807, 2.05) is 17.7 Å². The maximum Gasteiger partial charge on any atom is 0.191 e. The molecule has 5 nitrogen and oxygen atoms in total. The minimum Gasteiger partial charge on any atom is -0.355 e. The van der Waals surface area contributed by atoms with Crippen molar-refractivity contribution in [2.75, 3.05) is 27.2 Å². The lowest BCUT2D eigenvalue weighted by molar-refractivity contribution is 0.255. The molecule has 0 amide bonds. The molecule has 0 radical (unpaired) electrons. The number of nitrogens with one attached hydrogen (secondary N) is 2. The van der Waals surface area contributed by atoms with Crippen LogP contribution in [-0.4, -0.2) is 48.7 Å². The van der Waals surface area contributed by atoms with Crippen molar-refractivity contribution in [1.82, 2.24) is 20.1 Å². The lowest BCUT2D eigenvalue weighted by atomic mass is 10.2. The van der Waals surface area contributed by atoms with Gasteiger partial charge in [0.15, 0.2) is 5.96 Å². The van der Waals surface area contributed by atoms with Crippen LogP contribution in [0.1, 0.15) is 26.0 Å². The fraction of sp³-hybridized carbons (Fsp3) is 0.667. The molecule has 0 aliphatic carbocycles. The lowest BCUT2D eigenvalue weighted by Crippen LogP contribution is -2.42. The minimum absolute atomic E-state index is 0. The average molecular weight is 476 g/mol. The Hall–Kier alpha value is -0.180. The zero-order chi connectivity index (χ0) is 16.7. The number of rotatable bonds is 7. The molecule has 0 saturated heterocycles. The normalized spacial score (nSPS) is 13.0. The van der Waals surface area contributed by atoms with Gasteiger partial charge in [0.05, 0.1) is 11.6 Å². The molecule has 0 fully saturated rings. The Balaban J connectivity index is 0.00000484. The second kappa shape index (κ2) is 11.4. The summed E-state index contributed by atoms with van der Waals surface area (Å²) in [6, 6.07) is 2.45. The highest BCUT2D eigenvalue weighted by molar-refractivity contribution is 14.0. The molecule has 0 aromatic carbocycles. The highest BCUT2D eigenvalue weighted by Crippen LogP contribution is 2.24. The zero-order valence-electron chi connectivity index (χ0n) is 14.5. The second-order valence-corrected chi connectivity index (χ2v) is 6.19. The van der Waals surface area contributed by atoms with E-state index in [0.29, 0.717) is 22.8 Å². The molecular formula is C15H28Cl2IN5. The fourth-order valence-corrected chi connectivity index (χ4v) is 2.45. The SMILES string of the molecule is CCC(C)N(C)CCNC(=NC)NCc1cc(Cl)c(Cl)n1C.I. The van der Waals surface area contributed by atoms with Gasteiger partial charge in [0.1, 0.15) is 5.15 Å². The van der Waals surface area contributed by atoms with E-state index in [9.17, 15) is 0 Å². The second-order valence-electron chi connectivity index (χ2n) is 5.42. The van der Waals surface area contributed by atoms with E-state index in [1.165, 1.54) is 0 Å². The maximum absolute atomic E-state index is 6.06. The monoisotopic (exact) mass is 475 g/mol. The van der Waals surface area contributed by atoms with Gasteiger partial charge in [-0.3, -0.25) is 4.99 Å². The van der Waals surface area contributed by atoms with Crippen LogP contribution in [0.2, 0.25) is 10.2 Å². The average Bonchev–Trinajstić information content (AvgIpc) is 2.76. The number of hydrogen-bond acceptors (Lipinski definition) is 2. The van der Waals surface area contributed by atoms with Crippen molar-refractivity contribution in [3.8, 4) is 0 Å². The molecular weight excluding hydrogens is 448 g/mol. The van der Waals surface area contributed by atoms with Gasteiger partial charge in [-0.1, -0.05) is 30.1 Å². The van der Waals surface area contributed by atoms with Crippen molar-refractivity contribution in [2.24, 2.45) is 12.0 Å². The molecule has 1 aromatic heterocycles. The van der Waals surface area contributed by atoms with Gasteiger partial charge in [0.25, 0.3) is 0 Å². The van der Waals surface area contributed by atoms with Crippen LogP contribution in [-0.2, 0) is 13.6 Å². The van der Waals surface area contributed by atoms with E-state index in [1.54, 1.807) is 7.05 Å². The van der Waals surface area contributed by atoms with Crippen LogP contribution in [0.25, 0.3) is 0 Å². The van der Waals surface area contributed by atoms with Gasteiger partial charge < -0.3 is 20.1 Å². The first-order valence-corrected chi connectivity index (χ1v) is 8.30. The third-order valence-electron chi connectivity index (χ3n) is 3.98. The molecule has 0 spiro atoms. The fourth-order valence-electron chi connectivity index (χ4n) is 2.04. The summed E-state index contributed by atoms with van der Waals surface area (Å²) < 4.78 is 1.86. The van der Waals surface area contributed by atoms with Gasteiger partial charge in [-0.2, -0.15) is 0 Å². The highest BCUT2D eigenvalue weighted by Gasteiger charge is 2.10. The van der Waals surface area contributed by atoms with Gasteiger partial charge in [-0.15, -0.1) is 24.0 Å². The molecule has 0 bridgehead atoms. The highest BCUT2D eigenvalue weighted by atomic mass is 127. The molecule has 23 heavy (non-hydrogen) atoms. The number of aliphatic imine (C=N–C) groups is 1. The summed E-state index contributed by atoms with van der Waals surface area (Å²) in [4.78, 5) is 6.55. The van der Waals surface area contributed by atoms with E-state index in [-0.39, 0.29) is 24.0 Å². The van der Waals surface area contributed by atoms with E-state index >= 15 is 0 Å². The summed E-state index contributed by atoms with van der Waals surface area (Å²) in [5, 5.41) is 7.70. The summed E-state index contributed by atoms with van der Waals surface area (Å²) in [5.74, 6) is 0.769. The molecule has 1 heterocycles. The van der Waals surface area contributed by atoms with Gasteiger partial charge in [-0.25, -0.2) is 0 Å². The molecule has 1 unspecified atom stereocenters. The Bertz CT molecular complexity index is 504. The van der Waals surface area contributed by atoms with Crippen molar-refractivity contribution < 1.29 is 0 Å². The molecule has 134 valence electrons. The van der Waals surface area contributed by atoms with Crippen molar-refractivity contribution in [3.05, 3.63) is 21.9 Å². The molecule has 1 atom stereocenters. The van der Waals surface area contributed by atoms with Gasteiger partial charge in [0.2, 0.25) is 0 Å². The number of hydrogen-bond donors (Lipinski definition) is 2. The molecule has 0 aliphatic heterocycles. The van der Waals surface area contributed by atoms with Gasteiger partial charge in [-0.05, 0) is 26.5 Å². The first-order chi connectivity index (χ1) is 10.4. The Morgan fingerprint density at radius 2 is 2.04 bits per heavy atom. The Labute approximate surface area is 166 Å². The van der Waals surface area contributed by atoms with Crippen molar-refractivity contribution >= 4 is 53.1 Å². The maximum atomic E-state index is 6.06. The number of nitrogens with zero attached hydrogens (tertiary/aromatic N) is 3. The quantitative estimate of drug-likeness (QED) is 0.361. The van der Waals surface area contributed by atoms with E-state index < -0.39 is 0 Å². The molecule has 1 rings (SSSR count). The van der Waals surface area contributed by atoms with E-state index in [2.05, 4.69) is 41.4 Å². The molecule has 8 heteroatoms. The van der Waals surface area contributed by atoms with Crippen LogP contribution in [0.3, 0.4) is 0 Å². The van der Waals surface area contributed by atoms with Crippen molar-refractivity contribution in [3.63, 3.8) is 0 Å². The van der Waals surface area contributed by atoms with Gasteiger partial charge >= 0.3 is 0 Å². The molecule has 0 saturated carbocycles. The third-order valence-corrected chi connectivity index (χ3v) is 4.82. The minimum atomic E-state index is 0. The zero-order valence-corrected chi connectivity index (χ0v) is 18.3. The van der Waals surface area contributed by atoms with Crippen molar-refractivity contribution in [1.29, 1.82) is 0 Å². The van der Waals surface area contributed by atoms with Crippen LogP contribution in [0.15, 0.2) is 11.1 Å². The first-order valence-electron chi connectivity index (χ1n) is 7.55. The summed E-state index contributed by atoms with van der Waals surface area (Å²) in [7, 11) is 5.79. The number of guanidine groups is 1. The third kappa shape index (κ3) is 7.07. The molecule has 2 N–H and O–H groups in total. The number of aromatic nitrogens is 1. The van der Waals surface area contributed by atoms with E-state index in [4.69, 9.17) is 23.2 Å². The smallest absolute Gasteiger partial charge is 0.191 e. The topological polar surface area (TPSA) is 44.6 Å². The Kier molecular flexibility index (Phi) is 11.3. The Morgan fingerprint density at radius 1 is 1.39 bits per heavy atom. The Morgan fingerprint density at radius 3 is 2.52 bits per heavy atom. The summed E-state index contributed by atoms with van der Waals surface area (Å²) in [6.07, 6.45) is 1.15. The van der Waals surface area contributed by atoms with E-state index in [0.717, 1.165) is 31.2 Å². The number of halogens is 3. The van der Waals surface area contributed by atoms with Crippen LogP contribution in [0.4, 0.5) is 0 Å². The molecule has 1 aromatic rings. The summed E-state index contributed by atoms with van der Waals surface area (Å²) in [5.41, 5.74) is 1.01. The predicted octanol–water partition coefficient (Wildman–Crippen LogP) is 3.35. The van der Waals surface area contributed by atoms with Crippen LogP contribution in [0, 0.1) is 0 Å². The van der Waals surface area contributed by atoms with Crippen LogP contribution in [0.5, 0.6) is 0 Å². The largest absolute Gasteiger partial charge is 0.355 e. The summed E-state index contributed by atoms with van der Waals surface area (Å²) >= 11 is 12.1. The van der Waals surface area contributed by atoms with Crippen LogP contribution < -0.4 is 10.6 Å². The standard InChI is InChI=1S/C15H27Cl2N5.HI/c1-6-11(2)21(4)8-7-19-15(18-3)20-10-12-9-13(16)14(17)22(12)5;/h9,11H,6-8,10H2,1-5H3,(H2,18,19,20);1H.